The molecule has 54 heavy (non-hydrogen) atoms. The molecule has 3 atom stereocenters. The van der Waals surface area contributed by atoms with Gasteiger partial charge in [-0.3, -0.25) is 24.6 Å². The standard InChI is InChI=1S/C38H44N10O6/c49-33-4-2-1-3-28(33)30-18-32-35(42-41-30)39-19-26-21-46(13-14-47(26)32)38(53)44-11-9-43(10-12-44)22-27-23-45(15-16-54-27)25-6-5-24-20-48(37(52)29(24)17-25)31-7-8-34(50)40-36(31)51/h1-6,17-18,26-27,31,49H,7-16,19-23H2,(H,39,42)(H,40,50,51)/t26-,27?,31?/m0/s1. The third kappa shape index (κ3) is 6.42. The quantitative estimate of drug-likeness (QED) is 0.321. The molecule has 2 unspecified atom stereocenters. The van der Waals surface area contributed by atoms with Crippen LogP contribution in [0, 0.1) is 0 Å². The third-order valence-electron chi connectivity index (χ3n) is 11.6. The molecule has 3 aromatic rings. The van der Waals surface area contributed by atoms with Crippen LogP contribution in [0.3, 0.4) is 0 Å². The van der Waals surface area contributed by atoms with E-state index in [1.807, 2.05) is 46.2 Å². The van der Waals surface area contributed by atoms with E-state index in [4.69, 9.17) is 4.74 Å². The largest absolute Gasteiger partial charge is 0.507 e. The molecule has 4 saturated heterocycles. The molecule has 282 valence electrons. The number of nitrogens with zero attached hydrogens (tertiary/aromatic N) is 8. The number of carbonyl (C=O) groups excluding carboxylic acids is 4. The van der Waals surface area contributed by atoms with Crippen molar-refractivity contribution >= 4 is 40.9 Å². The second kappa shape index (κ2) is 14.1. The first kappa shape index (κ1) is 34.3. The summed E-state index contributed by atoms with van der Waals surface area (Å²) in [7, 11) is 0. The number of fused-ring (bicyclic) bond motifs is 4. The zero-order chi connectivity index (χ0) is 36.9. The molecule has 3 N–H and O–H groups in total. The molecule has 6 aliphatic heterocycles. The number of rotatable bonds is 5. The van der Waals surface area contributed by atoms with Crippen molar-refractivity contribution in [2.24, 2.45) is 0 Å². The van der Waals surface area contributed by atoms with E-state index in [-0.39, 0.29) is 42.2 Å². The molecule has 6 aliphatic rings. The molecule has 9 rings (SSSR count). The molecule has 5 amide bonds. The minimum atomic E-state index is -0.630. The first-order valence-corrected chi connectivity index (χ1v) is 18.9. The SMILES string of the molecule is O=C1CCC(N2Cc3ccc(N4CCOC(CN5CCN(C(=O)N6CCN7c8cc(-c9ccccc9O)nnc8NC[C@H]7C6)CC5)C4)cc3C2=O)C(=O)N1. The van der Waals surface area contributed by atoms with Gasteiger partial charge in [0, 0.05) is 102 Å². The van der Waals surface area contributed by atoms with E-state index >= 15 is 0 Å². The van der Waals surface area contributed by atoms with Crippen LogP contribution in [0.5, 0.6) is 5.75 Å². The number of phenols is 1. The summed E-state index contributed by atoms with van der Waals surface area (Å²) in [6.07, 6.45) is 0.557. The number of phenolic OH excluding ortho intramolecular Hbond substituents is 1. The Kier molecular flexibility index (Phi) is 8.93. The fraction of sp³-hybridized carbons (Fsp3) is 0.474. The summed E-state index contributed by atoms with van der Waals surface area (Å²) < 4.78 is 6.20. The van der Waals surface area contributed by atoms with E-state index in [0.29, 0.717) is 94.6 Å². The molecule has 0 bridgehead atoms. The summed E-state index contributed by atoms with van der Waals surface area (Å²) >= 11 is 0. The average Bonchev–Trinajstić information content (AvgIpc) is 3.52. The maximum Gasteiger partial charge on any atom is 0.320 e. The van der Waals surface area contributed by atoms with Gasteiger partial charge in [0.1, 0.15) is 11.8 Å². The number of imide groups is 1. The minimum Gasteiger partial charge on any atom is -0.507 e. The van der Waals surface area contributed by atoms with Gasteiger partial charge in [-0.1, -0.05) is 18.2 Å². The molecule has 1 aromatic heterocycles. The highest BCUT2D eigenvalue weighted by Gasteiger charge is 2.40. The maximum absolute atomic E-state index is 13.7. The molecular formula is C38H44N10O6. The summed E-state index contributed by atoms with van der Waals surface area (Å²) in [5, 5.41) is 24.9. The summed E-state index contributed by atoms with van der Waals surface area (Å²) in [6, 6.07) is 14.6. The van der Waals surface area contributed by atoms with Gasteiger partial charge in [-0.05, 0) is 42.3 Å². The van der Waals surface area contributed by atoms with Crippen LogP contribution in [0.2, 0.25) is 0 Å². The molecule has 0 saturated carbocycles. The highest BCUT2D eigenvalue weighted by molar-refractivity contribution is 6.05. The Morgan fingerprint density at radius 2 is 1.72 bits per heavy atom. The van der Waals surface area contributed by atoms with E-state index in [0.717, 1.165) is 36.6 Å². The Labute approximate surface area is 312 Å². The number of ether oxygens (including phenoxy) is 1. The van der Waals surface area contributed by atoms with Gasteiger partial charge < -0.3 is 39.7 Å². The number of nitrogens with one attached hydrogen (secondary N) is 2. The number of morpholine rings is 1. The smallest absolute Gasteiger partial charge is 0.320 e. The number of aromatic nitrogens is 2. The third-order valence-corrected chi connectivity index (χ3v) is 11.6. The first-order valence-electron chi connectivity index (χ1n) is 18.9. The van der Waals surface area contributed by atoms with Crippen molar-refractivity contribution in [1.82, 2.24) is 35.1 Å². The van der Waals surface area contributed by atoms with Crippen LogP contribution in [0.15, 0.2) is 48.5 Å². The number of benzene rings is 2. The number of para-hydroxylation sites is 1. The summed E-state index contributed by atoms with van der Waals surface area (Å²) in [5.41, 5.74) is 4.63. The van der Waals surface area contributed by atoms with E-state index in [1.165, 1.54) is 0 Å². The highest BCUT2D eigenvalue weighted by Crippen LogP contribution is 2.36. The number of aromatic hydroxyl groups is 1. The normalized spacial score (nSPS) is 24.5. The number of urea groups is 1. The zero-order valence-electron chi connectivity index (χ0n) is 30.0. The second-order valence-electron chi connectivity index (χ2n) is 14.9. The molecule has 0 radical (unpaired) electrons. The van der Waals surface area contributed by atoms with Crippen LogP contribution in [0.25, 0.3) is 11.3 Å². The van der Waals surface area contributed by atoms with Crippen molar-refractivity contribution < 1.29 is 29.0 Å². The molecule has 16 nitrogen and oxygen atoms in total. The summed E-state index contributed by atoms with van der Waals surface area (Å²) in [4.78, 5) is 63.7. The molecule has 4 fully saturated rings. The van der Waals surface area contributed by atoms with Crippen molar-refractivity contribution in [3.05, 3.63) is 59.7 Å². The highest BCUT2D eigenvalue weighted by atomic mass is 16.5. The van der Waals surface area contributed by atoms with E-state index in [9.17, 15) is 24.3 Å². The zero-order valence-corrected chi connectivity index (χ0v) is 30.0. The predicted octanol–water partition coefficient (Wildman–Crippen LogP) is 1.17. The van der Waals surface area contributed by atoms with Crippen LogP contribution in [0.4, 0.5) is 22.0 Å². The predicted molar refractivity (Wildman–Crippen MR) is 198 cm³/mol. The maximum atomic E-state index is 13.7. The monoisotopic (exact) mass is 736 g/mol. The van der Waals surface area contributed by atoms with Crippen LogP contribution in [0.1, 0.15) is 28.8 Å². The van der Waals surface area contributed by atoms with Crippen LogP contribution in [-0.4, -0.2) is 155 Å². The fourth-order valence-corrected chi connectivity index (χ4v) is 8.70. The van der Waals surface area contributed by atoms with Gasteiger partial charge in [0.05, 0.1) is 30.1 Å². The lowest BCUT2D eigenvalue weighted by Crippen LogP contribution is -2.62. The van der Waals surface area contributed by atoms with Crippen LogP contribution in [-0.2, 0) is 20.9 Å². The van der Waals surface area contributed by atoms with Gasteiger partial charge in [-0.2, -0.15) is 0 Å². The number of amides is 5. The fourth-order valence-electron chi connectivity index (χ4n) is 8.70. The van der Waals surface area contributed by atoms with Crippen molar-refractivity contribution in [1.29, 1.82) is 0 Å². The van der Waals surface area contributed by atoms with Crippen molar-refractivity contribution in [3.63, 3.8) is 0 Å². The first-order chi connectivity index (χ1) is 26.3. The summed E-state index contributed by atoms with van der Waals surface area (Å²) in [6.45, 7) is 8.48. The number of piperazine rings is 2. The molecule has 2 aromatic carbocycles. The minimum absolute atomic E-state index is 0.0178. The lowest BCUT2D eigenvalue weighted by Gasteiger charge is -2.47. The molecule has 0 spiro atoms. The lowest BCUT2D eigenvalue weighted by atomic mass is 10.0. The van der Waals surface area contributed by atoms with Crippen molar-refractivity contribution in [2.45, 2.75) is 37.6 Å². The molecule has 16 heteroatoms. The number of hydrogen-bond acceptors (Lipinski definition) is 12. The van der Waals surface area contributed by atoms with Crippen LogP contribution >= 0.6 is 0 Å². The molecule has 0 aliphatic carbocycles. The number of anilines is 3. The Morgan fingerprint density at radius 3 is 2.56 bits per heavy atom. The van der Waals surface area contributed by atoms with Gasteiger partial charge in [-0.25, -0.2) is 4.79 Å². The van der Waals surface area contributed by atoms with E-state index in [2.05, 4.69) is 35.5 Å². The van der Waals surface area contributed by atoms with Gasteiger partial charge in [0.2, 0.25) is 11.8 Å². The van der Waals surface area contributed by atoms with Crippen molar-refractivity contribution in [2.75, 3.05) is 93.7 Å². The molecular weight excluding hydrogens is 692 g/mol. The van der Waals surface area contributed by atoms with Crippen molar-refractivity contribution in [3.8, 4) is 17.0 Å². The number of piperidine rings is 1. The number of carbonyl (C=O) groups is 4. The Hall–Kier alpha value is -5.48. The van der Waals surface area contributed by atoms with E-state index in [1.54, 1.807) is 17.0 Å². The van der Waals surface area contributed by atoms with Gasteiger partial charge in [0.15, 0.2) is 5.82 Å². The van der Waals surface area contributed by atoms with Gasteiger partial charge in [-0.15, -0.1) is 10.2 Å². The topological polar surface area (TPSA) is 167 Å². The Bertz CT molecular complexity index is 1990. The van der Waals surface area contributed by atoms with Gasteiger partial charge in [0.25, 0.3) is 5.91 Å². The average molecular weight is 737 g/mol. The van der Waals surface area contributed by atoms with Crippen LogP contribution < -0.4 is 20.4 Å². The number of hydrogen-bond donors (Lipinski definition) is 3. The molecule has 7 heterocycles. The Morgan fingerprint density at radius 1 is 0.889 bits per heavy atom. The second-order valence-corrected chi connectivity index (χ2v) is 14.9. The lowest BCUT2D eigenvalue weighted by molar-refractivity contribution is -0.136. The van der Waals surface area contributed by atoms with Gasteiger partial charge >= 0.3 is 6.03 Å². The Balaban J connectivity index is 0.767. The van der Waals surface area contributed by atoms with E-state index < -0.39 is 11.9 Å². The summed E-state index contributed by atoms with van der Waals surface area (Å²) in [5.74, 6) is 0.00480.